The molecule has 0 radical (unpaired) electrons. The molecule has 0 aromatic heterocycles. The van der Waals surface area contributed by atoms with Gasteiger partial charge in [0.15, 0.2) is 0 Å². The minimum Gasteiger partial charge on any atom is -0.441 e. The molecule has 0 saturated heterocycles. The van der Waals surface area contributed by atoms with Crippen LogP contribution >= 0.6 is 0 Å². The van der Waals surface area contributed by atoms with Crippen LogP contribution in [0.5, 0.6) is 5.75 Å². The van der Waals surface area contributed by atoms with Gasteiger partial charge in [-0.3, -0.25) is 0 Å². The zero-order valence-corrected chi connectivity index (χ0v) is 9.32. The number of aliphatic hydroxyl groups is 1. The van der Waals surface area contributed by atoms with Crippen molar-refractivity contribution in [1.29, 1.82) is 0 Å². The predicted molar refractivity (Wildman–Crippen MR) is 64.3 cm³/mol. The maximum Gasteiger partial charge on any atom is 0.313 e. The summed E-state index contributed by atoms with van der Waals surface area (Å²) in [5, 5.41) is 9.52. The Labute approximate surface area is 100 Å². The summed E-state index contributed by atoms with van der Waals surface area (Å²) < 4.78 is 10.3. The van der Waals surface area contributed by atoms with Crippen molar-refractivity contribution in [2.75, 3.05) is 0 Å². The number of hydrogen-bond donors (Lipinski definition) is 1. The second kappa shape index (κ2) is 6.03. The molecular weight excluding hydrogens is 216 g/mol. The van der Waals surface area contributed by atoms with Crippen molar-refractivity contribution in [3.05, 3.63) is 66.2 Å². The van der Waals surface area contributed by atoms with Gasteiger partial charge in [-0.15, -0.1) is 0 Å². The molecule has 0 spiro atoms. The highest BCUT2D eigenvalue weighted by atomic mass is 16.8. The topological polar surface area (TPSA) is 38.7 Å². The Hall–Kier alpha value is -1.84. The van der Waals surface area contributed by atoms with E-state index in [1.54, 1.807) is 12.1 Å². The maximum atomic E-state index is 9.52. The first-order valence-electron chi connectivity index (χ1n) is 5.40. The van der Waals surface area contributed by atoms with Crippen LogP contribution in [0.15, 0.2) is 60.7 Å². The van der Waals surface area contributed by atoms with Crippen LogP contribution < -0.4 is 4.74 Å². The second-order valence-corrected chi connectivity index (χ2v) is 3.53. The van der Waals surface area contributed by atoms with E-state index >= 15 is 0 Å². The third kappa shape index (κ3) is 3.90. The summed E-state index contributed by atoms with van der Waals surface area (Å²) in [5.41, 5.74) is 0.989. The fraction of sp³-hybridized carbons (Fsp3) is 0.143. The summed E-state index contributed by atoms with van der Waals surface area (Å²) in [7, 11) is 0. The molecule has 0 bridgehead atoms. The standard InChI is InChI=1S/C14H14O3/c15-14(17-13-9-5-2-6-10-13)16-11-12-7-3-1-4-8-12/h1-10,14-15H,11H2. The van der Waals surface area contributed by atoms with Gasteiger partial charge in [0.25, 0.3) is 0 Å². The normalized spacial score (nSPS) is 12.1. The van der Waals surface area contributed by atoms with E-state index in [0.717, 1.165) is 5.56 Å². The average Bonchev–Trinajstić information content (AvgIpc) is 2.39. The van der Waals surface area contributed by atoms with Gasteiger partial charge in [-0.25, -0.2) is 0 Å². The van der Waals surface area contributed by atoms with E-state index in [1.165, 1.54) is 0 Å². The molecule has 2 rings (SSSR count). The minimum absolute atomic E-state index is 0.314. The fourth-order valence-electron chi connectivity index (χ4n) is 1.39. The Morgan fingerprint density at radius 2 is 1.47 bits per heavy atom. The van der Waals surface area contributed by atoms with Crippen LogP contribution in [-0.4, -0.2) is 11.6 Å². The summed E-state index contributed by atoms with van der Waals surface area (Å²) in [6.45, 7) is -0.938. The molecule has 2 aromatic carbocycles. The molecule has 2 aromatic rings. The SMILES string of the molecule is OC(OCc1ccccc1)Oc1ccccc1. The van der Waals surface area contributed by atoms with Gasteiger partial charge in [-0.1, -0.05) is 48.5 Å². The minimum atomic E-state index is -1.25. The van der Waals surface area contributed by atoms with Gasteiger partial charge in [-0.2, -0.15) is 0 Å². The Balaban J connectivity index is 1.80. The quantitative estimate of drug-likeness (QED) is 0.802. The largest absolute Gasteiger partial charge is 0.441 e. The first-order chi connectivity index (χ1) is 8.34. The molecule has 0 amide bonds. The summed E-state index contributed by atoms with van der Waals surface area (Å²) in [4.78, 5) is 0. The van der Waals surface area contributed by atoms with E-state index in [4.69, 9.17) is 9.47 Å². The van der Waals surface area contributed by atoms with Gasteiger partial charge in [0.05, 0.1) is 6.61 Å². The lowest BCUT2D eigenvalue weighted by atomic mass is 10.2. The predicted octanol–water partition coefficient (Wildman–Crippen LogP) is 2.56. The number of para-hydroxylation sites is 1. The molecule has 0 heterocycles. The summed E-state index contributed by atoms with van der Waals surface area (Å²) in [6.07, 6.45) is 0. The molecule has 17 heavy (non-hydrogen) atoms. The lowest BCUT2D eigenvalue weighted by Crippen LogP contribution is -2.19. The van der Waals surface area contributed by atoms with Crippen LogP contribution in [0.1, 0.15) is 5.56 Å². The van der Waals surface area contributed by atoms with Crippen molar-refractivity contribution in [2.45, 2.75) is 13.1 Å². The summed E-state index contributed by atoms with van der Waals surface area (Å²) >= 11 is 0. The third-order valence-electron chi connectivity index (χ3n) is 2.22. The molecule has 0 saturated carbocycles. The third-order valence-corrected chi connectivity index (χ3v) is 2.22. The number of aliphatic hydroxyl groups excluding tert-OH is 1. The van der Waals surface area contributed by atoms with Crippen molar-refractivity contribution >= 4 is 0 Å². The molecule has 0 fully saturated rings. The molecule has 0 aliphatic heterocycles. The summed E-state index contributed by atoms with van der Waals surface area (Å²) in [5.74, 6) is 0.577. The zero-order chi connectivity index (χ0) is 11.9. The van der Waals surface area contributed by atoms with Gasteiger partial charge < -0.3 is 14.6 Å². The Morgan fingerprint density at radius 3 is 2.12 bits per heavy atom. The number of benzene rings is 2. The number of hydrogen-bond acceptors (Lipinski definition) is 3. The highest BCUT2D eigenvalue weighted by molar-refractivity contribution is 5.20. The van der Waals surface area contributed by atoms with Crippen LogP contribution in [0.2, 0.25) is 0 Å². The van der Waals surface area contributed by atoms with E-state index in [0.29, 0.717) is 12.4 Å². The van der Waals surface area contributed by atoms with Crippen LogP contribution in [0, 0.1) is 0 Å². The van der Waals surface area contributed by atoms with E-state index in [-0.39, 0.29) is 0 Å². The van der Waals surface area contributed by atoms with Crippen molar-refractivity contribution in [3.63, 3.8) is 0 Å². The lowest BCUT2D eigenvalue weighted by Gasteiger charge is -2.13. The van der Waals surface area contributed by atoms with Gasteiger partial charge >= 0.3 is 6.48 Å². The van der Waals surface area contributed by atoms with Gasteiger partial charge in [0, 0.05) is 0 Å². The van der Waals surface area contributed by atoms with E-state index in [2.05, 4.69) is 0 Å². The number of ether oxygens (including phenoxy) is 2. The summed E-state index contributed by atoms with van der Waals surface area (Å²) in [6, 6.07) is 18.7. The Kier molecular flexibility index (Phi) is 4.13. The fourth-order valence-corrected chi connectivity index (χ4v) is 1.39. The lowest BCUT2D eigenvalue weighted by molar-refractivity contribution is -0.222. The van der Waals surface area contributed by atoms with Crippen molar-refractivity contribution in [3.8, 4) is 5.75 Å². The molecule has 0 aliphatic rings. The van der Waals surface area contributed by atoms with Crippen LogP contribution in [0.3, 0.4) is 0 Å². The number of rotatable bonds is 5. The van der Waals surface area contributed by atoms with Gasteiger partial charge in [0.1, 0.15) is 5.75 Å². The molecule has 1 unspecified atom stereocenters. The molecule has 3 nitrogen and oxygen atoms in total. The monoisotopic (exact) mass is 230 g/mol. The first-order valence-corrected chi connectivity index (χ1v) is 5.40. The van der Waals surface area contributed by atoms with Crippen LogP contribution in [-0.2, 0) is 11.3 Å². The van der Waals surface area contributed by atoms with Crippen LogP contribution in [0.4, 0.5) is 0 Å². The van der Waals surface area contributed by atoms with Crippen molar-refractivity contribution in [1.82, 2.24) is 0 Å². The van der Waals surface area contributed by atoms with E-state index < -0.39 is 6.48 Å². The molecule has 0 aliphatic carbocycles. The van der Waals surface area contributed by atoms with Gasteiger partial charge in [0.2, 0.25) is 0 Å². The van der Waals surface area contributed by atoms with Gasteiger partial charge in [-0.05, 0) is 17.7 Å². The Morgan fingerprint density at radius 1 is 0.882 bits per heavy atom. The van der Waals surface area contributed by atoms with E-state index in [1.807, 2.05) is 48.5 Å². The maximum absolute atomic E-state index is 9.52. The van der Waals surface area contributed by atoms with Crippen molar-refractivity contribution < 1.29 is 14.6 Å². The van der Waals surface area contributed by atoms with Crippen LogP contribution in [0.25, 0.3) is 0 Å². The molecule has 1 N–H and O–H groups in total. The molecule has 3 heteroatoms. The second-order valence-electron chi connectivity index (χ2n) is 3.53. The Bertz CT molecular complexity index is 428. The van der Waals surface area contributed by atoms with E-state index in [9.17, 15) is 5.11 Å². The highest BCUT2D eigenvalue weighted by Crippen LogP contribution is 2.11. The first kappa shape index (κ1) is 11.6. The molecule has 88 valence electrons. The smallest absolute Gasteiger partial charge is 0.313 e. The molecular formula is C14H14O3. The zero-order valence-electron chi connectivity index (χ0n) is 9.32. The highest BCUT2D eigenvalue weighted by Gasteiger charge is 2.05. The average molecular weight is 230 g/mol. The molecule has 1 atom stereocenters. The van der Waals surface area contributed by atoms with Crippen molar-refractivity contribution in [2.24, 2.45) is 0 Å².